The van der Waals surface area contributed by atoms with E-state index in [1.165, 1.54) is 37.8 Å². The van der Waals surface area contributed by atoms with Crippen molar-refractivity contribution >= 4 is 18.3 Å². The summed E-state index contributed by atoms with van der Waals surface area (Å²) in [5.41, 5.74) is 1.19. The summed E-state index contributed by atoms with van der Waals surface area (Å²) in [6.07, 6.45) is 5.16. The number of rotatable bonds is 7. The van der Waals surface area contributed by atoms with E-state index in [1.54, 1.807) is 0 Å². The van der Waals surface area contributed by atoms with Gasteiger partial charge in [-0.1, -0.05) is 30.3 Å². The zero-order valence-corrected chi connectivity index (χ0v) is 15.4. The molecule has 0 atom stereocenters. The maximum absolute atomic E-state index is 12.4. The van der Waals surface area contributed by atoms with Crippen LogP contribution in [-0.4, -0.2) is 55.0 Å². The highest BCUT2D eigenvalue weighted by molar-refractivity contribution is 5.85. The fourth-order valence-corrected chi connectivity index (χ4v) is 3.21. The lowest BCUT2D eigenvalue weighted by Crippen LogP contribution is -2.46. The molecule has 0 unspecified atom stereocenters. The summed E-state index contributed by atoms with van der Waals surface area (Å²) in [6.45, 7) is 4.52. The van der Waals surface area contributed by atoms with Gasteiger partial charge in [-0.15, -0.1) is 12.4 Å². The Balaban J connectivity index is 0.00000208. The number of nitrogens with one attached hydrogen (secondary N) is 1. The van der Waals surface area contributed by atoms with E-state index in [1.807, 2.05) is 30.1 Å². The number of carbonyl (C=O) groups excluding carboxylic acids is 1. The molecule has 1 amide bonds. The maximum Gasteiger partial charge on any atom is 0.236 e. The first kappa shape index (κ1) is 19.2. The fraction of sp³-hybridized carbons (Fsp3) is 0.632. The third-order valence-corrected chi connectivity index (χ3v) is 5.03. The standard InChI is InChI=1S/C19H29N3O.ClH/c1-21(14-17-5-3-2-4-6-17)19(23)15-22-11-9-18(10-12-22)20-13-16-7-8-16;/h2-6,16,18,20H,7-15H2,1H3;1H. The average Bonchev–Trinajstić information content (AvgIpc) is 3.39. The van der Waals surface area contributed by atoms with E-state index in [0.29, 0.717) is 19.1 Å². The Kier molecular flexibility index (Phi) is 7.53. The summed E-state index contributed by atoms with van der Waals surface area (Å²) >= 11 is 0. The minimum Gasteiger partial charge on any atom is -0.340 e. The van der Waals surface area contributed by atoms with Gasteiger partial charge in [0.1, 0.15) is 0 Å². The molecular formula is C19H30ClN3O. The number of hydrogen-bond acceptors (Lipinski definition) is 3. The van der Waals surface area contributed by atoms with Gasteiger partial charge in [0.25, 0.3) is 0 Å². The maximum atomic E-state index is 12.4. The Labute approximate surface area is 152 Å². The summed E-state index contributed by atoms with van der Waals surface area (Å²) in [5, 5.41) is 3.69. The van der Waals surface area contributed by atoms with Gasteiger partial charge in [-0.25, -0.2) is 0 Å². The molecule has 134 valence electrons. The second-order valence-corrected chi connectivity index (χ2v) is 7.14. The van der Waals surface area contributed by atoms with Gasteiger partial charge in [0, 0.05) is 32.7 Å². The van der Waals surface area contributed by atoms with Crippen molar-refractivity contribution in [3.63, 3.8) is 0 Å². The minimum atomic E-state index is 0. The zero-order valence-electron chi connectivity index (χ0n) is 14.6. The Morgan fingerprint density at radius 3 is 2.46 bits per heavy atom. The van der Waals surface area contributed by atoms with Crippen LogP contribution in [0.4, 0.5) is 0 Å². The zero-order chi connectivity index (χ0) is 16.1. The predicted octanol–water partition coefficient (Wildman–Crippen LogP) is 2.53. The number of carbonyl (C=O) groups is 1. The molecule has 1 aliphatic heterocycles. The number of likely N-dealkylation sites (N-methyl/N-ethyl adjacent to an activating group) is 1. The highest BCUT2D eigenvalue weighted by Gasteiger charge is 2.25. The van der Waals surface area contributed by atoms with E-state index in [4.69, 9.17) is 0 Å². The Bertz CT molecular complexity index is 499. The van der Waals surface area contributed by atoms with Crippen LogP contribution in [0.1, 0.15) is 31.2 Å². The Morgan fingerprint density at radius 1 is 1.17 bits per heavy atom. The molecule has 5 heteroatoms. The van der Waals surface area contributed by atoms with Crippen LogP contribution >= 0.6 is 12.4 Å². The highest BCUT2D eigenvalue weighted by atomic mass is 35.5. The van der Waals surface area contributed by atoms with Crippen LogP contribution in [0.2, 0.25) is 0 Å². The second kappa shape index (κ2) is 9.40. The number of piperidine rings is 1. The van der Waals surface area contributed by atoms with Crippen LogP contribution in [0, 0.1) is 5.92 Å². The largest absolute Gasteiger partial charge is 0.340 e. The smallest absolute Gasteiger partial charge is 0.236 e. The van der Waals surface area contributed by atoms with E-state index < -0.39 is 0 Å². The quantitative estimate of drug-likeness (QED) is 0.820. The van der Waals surface area contributed by atoms with Gasteiger partial charge in [-0.2, -0.15) is 0 Å². The molecular weight excluding hydrogens is 322 g/mol. The van der Waals surface area contributed by atoms with Crippen molar-refractivity contribution in [3.05, 3.63) is 35.9 Å². The fourth-order valence-electron chi connectivity index (χ4n) is 3.21. The highest BCUT2D eigenvalue weighted by Crippen LogP contribution is 2.28. The lowest BCUT2D eigenvalue weighted by atomic mass is 10.0. The molecule has 0 radical (unpaired) electrons. The molecule has 0 bridgehead atoms. The van der Waals surface area contributed by atoms with Crippen LogP contribution in [0.25, 0.3) is 0 Å². The monoisotopic (exact) mass is 351 g/mol. The van der Waals surface area contributed by atoms with E-state index >= 15 is 0 Å². The Morgan fingerprint density at radius 2 is 1.83 bits per heavy atom. The SMILES string of the molecule is CN(Cc1ccccc1)C(=O)CN1CCC(NCC2CC2)CC1.Cl. The van der Waals surface area contributed by atoms with Gasteiger partial charge >= 0.3 is 0 Å². The predicted molar refractivity (Wildman–Crippen MR) is 100 cm³/mol. The third kappa shape index (κ3) is 6.08. The molecule has 2 fully saturated rings. The van der Waals surface area contributed by atoms with Crippen LogP contribution in [0.15, 0.2) is 30.3 Å². The van der Waals surface area contributed by atoms with Gasteiger partial charge in [-0.05, 0) is 43.7 Å². The number of likely N-dealkylation sites (tertiary alicyclic amines) is 1. The summed E-state index contributed by atoms with van der Waals surface area (Å²) in [7, 11) is 1.90. The number of amides is 1. The normalized spacial score (nSPS) is 18.9. The molecule has 1 saturated carbocycles. The molecule has 4 nitrogen and oxygen atoms in total. The summed E-state index contributed by atoms with van der Waals surface area (Å²) < 4.78 is 0. The third-order valence-electron chi connectivity index (χ3n) is 5.03. The first-order chi connectivity index (χ1) is 11.2. The van der Waals surface area contributed by atoms with E-state index in [0.717, 1.165) is 19.0 Å². The van der Waals surface area contributed by atoms with Gasteiger partial charge in [0.15, 0.2) is 0 Å². The molecule has 1 aromatic rings. The van der Waals surface area contributed by atoms with Crippen molar-refractivity contribution in [1.29, 1.82) is 0 Å². The molecule has 1 aliphatic carbocycles. The number of nitrogens with zero attached hydrogens (tertiary/aromatic N) is 2. The van der Waals surface area contributed by atoms with E-state index in [2.05, 4.69) is 22.3 Å². The molecule has 1 saturated heterocycles. The molecule has 1 heterocycles. The molecule has 1 aromatic carbocycles. The molecule has 1 N–H and O–H groups in total. The van der Waals surface area contributed by atoms with Gasteiger partial charge in [0.2, 0.25) is 5.91 Å². The lowest BCUT2D eigenvalue weighted by molar-refractivity contribution is -0.131. The minimum absolute atomic E-state index is 0. The lowest BCUT2D eigenvalue weighted by Gasteiger charge is -2.33. The number of benzene rings is 1. The average molecular weight is 352 g/mol. The van der Waals surface area contributed by atoms with Crippen LogP contribution in [0.3, 0.4) is 0 Å². The summed E-state index contributed by atoms with van der Waals surface area (Å²) in [5.74, 6) is 1.17. The van der Waals surface area contributed by atoms with Crippen molar-refractivity contribution in [2.45, 2.75) is 38.3 Å². The first-order valence-electron chi connectivity index (χ1n) is 8.94. The first-order valence-corrected chi connectivity index (χ1v) is 8.94. The van der Waals surface area contributed by atoms with Crippen molar-refractivity contribution in [1.82, 2.24) is 15.1 Å². The van der Waals surface area contributed by atoms with Gasteiger partial charge in [-0.3, -0.25) is 9.69 Å². The molecule has 2 aliphatic rings. The number of hydrogen-bond donors (Lipinski definition) is 1. The molecule has 24 heavy (non-hydrogen) atoms. The topological polar surface area (TPSA) is 35.6 Å². The second-order valence-electron chi connectivity index (χ2n) is 7.14. The van der Waals surface area contributed by atoms with Gasteiger partial charge < -0.3 is 10.2 Å². The van der Waals surface area contributed by atoms with Crippen LogP contribution in [0.5, 0.6) is 0 Å². The van der Waals surface area contributed by atoms with Crippen molar-refractivity contribution in [2.24, 2.45) is 5.92 Å². The molecule has 0 aromatic heterocycles. The Hall–Kier alpha value is -1.10. The van der Waals surface area contributed by atoms with E-state index in [9.17, 15) is 4.79 Å². The number of halogens is 1. The van der Waals surface area contributed by atoms with Crippen LogP contribution in [-0.2, 0) is 11.3 Å². The van der Waals surface area contributed by atoms with Gasteiger partial charge in [0.05, 0.1) is 6.54 Å². The van der Waals surface area contributed by atoms with Crippen molar-refractivity contribution < 1.29 is 4.79 Å². The van der Waals surface area contributed by atoms with Crippen LogP contribution < -0.4 is 5.32 Å². The molecule has 0 spiro atoms. The van der Waals surface area contributed by atoms with Crippen molar-refractivity contribution in [2.75, 3.05) is 33.2 Å². The summed E-state index contributed by atoms with van der Waals surface area (Å²) in [4.78, 5) is 16.5. The van der Waals surface area contributed by atoms with E-state index in [-0.39, 0.29) is 18.3 Å². The summed E-state index contributed by atoms with van der Waals surface area (Å²) in [6, 6.07) is 10.8. The molecule has 3 rings (SSSR count). The van der Waals surface area contributed by atoms with Crippen molar-refractivity contribution in [3.8, 4) is 0 Å².